The SMILES string of the molecule is O=C1CCCCC1C1c2ccccc2C=C(c2ccccc2)N1c1ccccc1. The fraction of sp³-hybridized carbons (Fsp3) is 0.222. The van der Waals surface area contributed by atoms with Gasteiger partial charge in [0.05, 0.1) is 6.04 Å². The van der Waals surface area contributed by atoms with Crippen molar-refractivity contribution in [1.29, 1.82) is 0 Å². The summed E-state index contributed by atoms with van der Waals surface area (Å²) in [5, 5.41) is 0. The highest BCUT2D eigenvalue weighted by atomic mass is 16.1. The molecule has 3 aromatic carbocycles. The second-order valence-electron chi connectivity index (χ2n) is 7.99. The molecule has 0 N–H and O–H groups in total. The Bertz CT molecular complexity index is 1040. The van der Waals surface area contributed by atoms with E-state index in [2.05, 4.69) is 89.8 Å². The van der Waals surface area contributed by atoms with Gasteiger partial charge in [-0.05, 0) is 47.7 Å². The summed E-state index contributed by atoms with van der Waals surface area (Å²) in [6.07, 6.45) is 6.10. The lowest BCUT2D eigenvalue weighted by atomic mass is 9.76. The molecule has 1 aliphatic carbocycles. The largest absolute Gasteiger partial charge is 0.333 e. The van der Waals surface area contributed by atoms with E-state index in [9.17, 15) is 4.79 Å². The summed E-state index contributed by atoms with van der Waals surface area (Å²) in [5.74, 6) is 0.434. The van der Waals surface area contributed by atoms with Crippen LogP contribution in [0.25, 0.3) is 11.8 Å². The molecule has 0 amide bonds. The number of rotatable bonds is 3. The molecule has 0 aromatic heterocycles. The molecule has 0 spiro atoms. The lowest BCUT2D eigenvalue weighted by molar-refractivity contribution is -0.125. The Kier molecular flexibility index (Phi) is 4.77. The van der Waals surface area contributed by atoms with Gasteiger partial charge in [0, 0.05) is 23.7 Å². The average Bonchev–Trinajstić information content (AvgIpc) is 2.79. The first kappa shape index (κ1) is 17.9. The van der Waals surface area contributed by atoms with E-state index in [4.69, 9.17) is 0 Å². The number of para-hydroxylation sites is 1. The maximum Gasteiger partial charge on any atom is 0.138 e. The standard InChI is InChI=1S/C27H25NO/c29-26-18-10-9-17-24(26)27-23-16-8-7-13-21(23)19-25(20-11-3-1-4-12-20)28(27)22-14-5-2-6-15-22/h1-8,11-16,19,24,27H,9-10,17-18H2. The van der Waals surface area contributed by atoms with Gasteiger partial charge in [-0.15, -0.1) is 0 Å². The smallest absolute Gasteiger partial charge is 0.138 e. The maximum absolute atomic E-state index is 13.1. The third-order valence-electron chi connectivity index (χ3n) is 6.23. The maximum atomic E-state index is 13.1. The summed E-state index contributed by atoms with van der Waals surface area (Å²) in [7, 11) is 0. The van der Waals surface area contributed by atoms with Gasteiger partial charge in [-0.3, -0.25) is 4.79 Å². The lowest BCUT2D eigenvalue weighted by Crippen LogP contribution is -2.39. The van der Waals surface area contributed by atoms with E-state index >= 15 is 0 Å². The molecule has 2 unspecified atom stereocenters. The van der Waals surface area contributed by atoms with Gasteiger partial charge in [-0.2, -0.15) is 0 Å². The number of Topliss-reactive ketones (excluding diaryl/α,β-unsaturated/α-hetero) is 1. The molecule has 3 aromatic rings. The molecule has 0 radical (unpaired) electrons. The average molecular weight is 380 g/mol. The zero-order valence-corrected chi connectivity index (χ0v) is 16.5. The van der Waals surface area contributed by atoms with Gasteiger partial charge in [0.15, 0.2) is 0 Å². The highest BCUT2D eigenvalue weighted by molar-refractivity contribution is 5.95. The minimum Gasteiger partial charge on any atom is -0.333 e. The molecule has 1 fully saturated rings. The number of carbonyl (C=O) groups excluding carboxylic acids is 1. The van der Waals surface area contributed by atoms with Crippen molar-refractivity contribution in [3.05, 3.63) is 102 Å². The topological polar surface area (TPSA) is 20.3 Å². The van der Waals surface area contributed by atoms with Crippen molar-refractivity contribution in [2.24, 2.45) is 5.92 Å². The van der Waals surface area contributed by atoms with Crippen molar-refractivity contribution in [1.82, 2.24) is 0 Å². The molecule has 0 saturated heterocycles. The van der Waals surface area contributed by atoms with Gasteiger partial charge in [-0.25, -0.2) is 0 Å². The van der Waals surface area contributed by atoms with Crippen LogP contribution in [0.2, 0.25) is 0 Å². The fourth-order valence-electron chi connectivity index (χ4n) is 4.88. The third kappa shape index (κ3) is 3.29. The molecule has 2 atom stereocenters. The van der Waals surface area contributed by atoms with E-state index < -0.39 is 0 Å². The molecule has 2 nitrogen and oxygen atoms in total. The van der Waals surface area contributed by atoms with Gasteiger partial charge in [-0.1, -0.05) is 79.2 Å². The summed E-state index contributed by atoms with van der Waals surface area (Å²) in [6.45, 7) is 0. The minimum atomic E-state index is 0.0255. The van der Waals surface area contributed by atoms with Crippen LogP contribution in [0.3, 0.4) is 0 Å². The van der Waals surface area contributed by atoms with Crippen molar-refractivity contribution < 1.29 is 4.79 Å². The molecular formula is C27H25NO. The van der Waals surface area contributed by atoms with E-state index in [1.165, 1.54) is 22.4 Å². The van der Waals surface area contributed by atoms with Gasteiger partial charge < -0.3 is 4.90 Å². The summed E-state index contributed by atoms with van der Waals surface area (Å²) in [4.78, 5) is 15.5. The van der Waals surface area contributed by atoms with Gasteiger partial charge in [0.1, 0.15) is 5.78 Å². The molecule has 2 aliphatic rings. The van der Waals surface area contributed by atoms with E-state index in [1.54, 1.807) is 0 Å². The van der Waals surface area contributed by atoms with Crippen LogP contribution in [0.5, 0.6) is 0 Å². The third-order valence-corrected chi connectivity index (χ3v) is 6.23. The summed E-state index contributed by atoms with van der Waals surface area (Å²) >= 11 is 0. The van der Waals surface area contributed by atoms with E-state index in [-0.39, 0.29) is 12.0 Å². The number of ketones is 1. The van der Waals surface area contributed by atoms with Crippen LogP contribution in [0.15, 0.2) is 84.9 Å². The number of benzene rings is 3. The summed E-state index contributed by atoms with van der Waals surface area (Å²) in [6, 6.07) is 29.7. The van der Waals surface area contributed by atoms with Crippen LogP contribution in [-0.4, -0.2) is 5.78 Å². The first-order valence-electron chi connectivity index (χ1n) is 10.6. The molecule has 0 bridgehead atoms. The van der Waals surface area contributed by atoms with Crippen molar-refractivity contribution in [3.8, 4) is 0 Å². The first-order chi connectivity index (χ1) is 14.3. The van der Waals surface area contributed by atoms with Gasteiger partial charge in [0.25, 0.3) is 0 Å². The molecular weight excluding hydrogens is 354 g/mol. The van der Waals surface area contributed by atoms with E-state index in [1.807, 2.05) is 6.07 Å². The zero-order valence-electron chi connectivity index (χ0n) is 16.5. The van der Waals surface area contributed by atoms with Crippen molar-refractivity contribution in [3.63, 3.8) is 0 Å². The quantitative estimate of drug-likeness (QED) is 0.517. The highest BCUT2D eigenvalue weighted by Gasteiger charge is 2.39. The molecule has 2 heteroatoms. The Morgan fingerprint density at radius 2 is 1.45 bits per heavy atom. The Balaban J connectivity index is 1.74. The minimum absolute atomic E-state index is 0.0255. The first-order valence-corrected chi connectivity index (χ1v) is 10.6. The van der Waals surface area contributed by atoms with Crippen LogP contribution < -0.4 is 4.90 Å². The van der Waals surface area contributed by atoms with Crippen molar-refractivity contribution >= 4 is 23.2 Å². The number of hydrogen-bond acceptors (Lipinski definition) is 2. The normalized spacial score (nSPS) is 21.4. The second-order valence-corrected chi connectivity index (χ2v) is 7.99. The Morgan fingerprint density at radius 1 is 0.759 bits per heavy atom. The fourth-order valence-corrected chi connectivity index (χ4v) is 4.88. The number of hydrogen-bond donors (Lipinski definition) is 0. The predicted octanol–water partition coefficient (Wildman–Crippen LogP) is 6.51. The van der Waals surface area contributed by atoms with Gasteiger partial charge in [0.2, 0.25) is 0 Å². The monoisotopic (exact) mass is 379 g/mol. The van der Waals surface area contributed by atoms with Crippen LogP contribution in [-0.2, 0) is 4.79 Å². The van der Waals surface area contributed by atoms with Crippen LogP contribution in [0.1, 0.15) is 48.4 Å². The Morgan fingerprint density at radius 3 is 2.21 bits per heavy atom. The number of nitrogens with zero attached hydrogens (tertiary/aromatic N) is 1. The van der Waals surface area contributed by atoms with Crippen molar-refractivity contribution in [2.45, 2.75) is 31.7 Å². The number of anilines is 1. The molecule has 29 heavy (non-hydrogen) atoms. The highest BCUT2D eigenvalue weighted by Crippen LogP contribution is 2.47. The second kappa shape index (κ2) is 7.71. The van der Waals surface area contributed by atoms with Crippen molar-refractivity contribution in [2.75, 3.05) is 4.90 Å². The van der Waals surface area contributed by atoms with E-state index in [0.717, 1.165) is 24.9 Å². The lowest BCUT2D eigenvalue weighted by Gasteiger charge is -2.44. The molecule has 1 saturated carbocycles. The molecule has 1 heterocycles. The Labute approximate surface area is 172 Å². The van der Waals surface area contributed by atoms with Crippen LogP contribution in [0.4, 0.5) is 5.69 Å². The molecule has 1 aliphatic heterocycles. The van der Waals surface area contributed by atoms with Crippen LogP contribution >= 0.6 is 0 Å². The summed E-state index contributed by atoms with van der Waals surface area (Å²) in [5.41, 5.74) is 5.97. The molecule has 5 rings (SSSR count). The predicted molar refractivity (Wildman–Crippen MR) is 119 cm³/mol. The molecule has 144 valence electrons. The van der Waals surface area contributed by atoms with Crippen LogP contribution in [0, 0.1) is 5.92 Å². The number of fused-ring (bicyclic) bond motifs is 1. The summed E-state index contributed by atoms with van der Waals surface area (Å²) < 4.78 is 0. The zero-order chi connectivity index (χ0) is 19.6. The van der Waals surface area contributed by atoms with E-state index in [0.29, 0.717) is 12.2 Å². The Hall–Kier alpha value is -3.13. The van der Waals surface area contributed by atoms with Gasteiger partial charge >= 0.3 is 0 Å². The number of carbonyl (C=O) groups is 1.